The number of carbonyl (C=O) groups excluding carboxylic acids is 1. The highest BCUT2D eigenvalue weighted by Gasteiger charge is 2.28. The number of thiazole rings is 1. The van der Waals surface area contributed by atoms with E-state index in [-0.39, 0.29) is 27.0 Å². The van der Waals surface area contributed by atoms with Crippen LogP contribution in [0.2, 0.25) is 0 Å². The summed E-state index contributed by atoms with van der Waals surface area (Å²) in [6, 6.07) is 3.45. The van der Waals surface area contributed by atoms with Crippen molar-refractivity contribution in [2.45, 2.75) is 31.8 Å². The molecule has 1 aromatic heterocycles. The van der Waals surface area contributed by atoms with Crippen LogP contribution in [-0.4, -0.2) is 52.5 Å². The number of amides is 1. The molecule has 6 N–H and O–H groups in total. The van der Waals surface area contributed by atoms with E-state index in [2.05, 4.69) is 15.3 Å². The molecule has 1 amide bonds. The summed E-state index contributed by atoms with van der Waals surface area (Å²) in [4.78, 5) is 23.1. The van der Waals surface area contributed by atoms with Gasteiger partial charge in [0.15, 0.2) is 5.69 Å². The van der Waals surface area contributed by atoms with E-state index in [9.17, 15) is 18.7 Å². The molecule has 1 atom stereocenters. The number of nitrogens with two attached hydrogens (primary N) is 2. The summed E-state index contributed by atoms with van der Waals surface area (Å²) in [5, 5.41) is 12.9. The molecule has 0 bridgehead atoms. The number of halogens is 2. The van der Waals surface area contributed by atoms with Crippen molar-refractivity contribution in [3.8, 4) is 10.6 Å². The molecule has 1 aliphatic heterocycles. The molecule has 0 aliphatic carbocycles. The molecule has 0 saturated carbocycles. The summed E-state index contributed by atoms with van der Waals surface area (Å²) in [7, 11) is 1.57. The first-order valence-corrected chi connectivity index (χ1v) is 10.9. The Hall–Kier alpha value is -3.05. The Morgan fingerprint density at radius 2 is 2.03 bits per heavy atom. The van der Waals surface area contributed by atoms with Crippen molar-refractivity contribution >= 4 is 28.1 Å². The third-order valence-corrected chi connectivity index (χ3v) is 6.18. The van der Waals surface area contributed by atoms with Gasteiger partial charge in [0.05, 0.1) is 16.9 Å². The number of hydrogen-bond acceptors (Lipinski definition) is 7. The molecule has 0 spiro atoms. The lowest BCUT2D eigenvalue weighted by molar-refractivity contribution is 0.0462. The molecule has 0 radical (unpaired) electrons. The smallest absolute Gasteiger partial charge is 0.277 e. The maximum atomic E-state index is 14.1. The van der Waals surface area contributed by atoms with Crippen LogP contribution in [0.4, 0.5) is 13.8 Å². The van der Waals surface area contributed by atoms with Crippen molar-refractivity contribution in [2.24, 2.45) is 10.7 Å². The molecule has 2 aromatic rings. The molecule has 32 heavy (non-hydrogen) atoms. The number of aliphatic hydroxyl groups is 1. The average molecular weight is 465 g/mol. The number of nitrogens with zero attached hydrogens (tertiary/aromatic N) is 3. The van der Waals surface area contributed by atoms with Gasteiger partial charge in [-0.3, -0.25) is 9.79 Å². The number of rotatable bonds is 4. The lowest BCUT2D eigenvalue weighted by atomic mass is 9.98. The number of amidine groups is 1. The van der Waals surface area contributed by atoms with Gasteiger partial charge in [-0.25, -0.2) is 13.8 Å². The van der Waals surface area contributed by atoms with Gasteiger partial charge in [-0.15, -0.1) is 0 Å². The van der Waals surface area contributed by atoms with E-state index in [1.165, 1.54) is 12.3 Å². The third kappa shape index (κ3) is 5.05. The first kappa shape index (κ1) is 23.6. The molecule has 1 aliphatic rings. The number of carbonyl (C=O) groups is 1. The topological polar surface area (TPSA) is 130 Å². The van der Waals surface area contributed by atoms with Crippen LogP contribution < -0.4 is 16.8 Å². The van der Waals surface area contributed by atoms with Gasteiger partial charge in [0, 0.05) is 26.3 Å². The van der Waals surface area contributed by atoms with Gasteiger partial charge in [-0.1, -0.05) is 17.4 Å². The van der Waals surface area contributed by atoms with Gasteiger partial charge >= 0.3 is 0 Å². The quantitative estimate of drug-likeness (QED) is 0.406. The largest absolute Gasteiger partial charge is 0.403 e. The molecule has 1 aromatic carbocycles. The van der Waals surface area contributed by atoms with E-state index in [0.717, 1.165) is 29.9 Å². The van der Waals surface area contributed by atoms with Crippen molar-refractivity contribution in [3.05, 3.63) is 47.4 Å². The van der Waals surface area contributed by atoms with Crippen molar-refractivity contribution < 1.29 is 18.7 Å². The van der Waals surface area contributed by atoms with Gasteiger partial charge in [-0.05, 0) is 38.3 Å². The Morgan fingerprint density at radius 1 is 1.34 bits per heavy atom. The Bertz CT molecular complexity index is 1050. The van der Waals surface area contributed by atoms with Crippen LogP contribution in [0.3, 0.4) is 0 Å². The van der Waals surface area contributed by atoms with E-state index in [1.807, 2.05) is 4.90 Å². The fourth-order valence-corrected chi connectivity index (χ4v) is 4.44. The minimum atomic E-state index is -0.800. The van der Waals surface area contributed by atoms with Gasteiger partial charge in [-0.2, -0.15) is 0 Å². The van der Waals surface area contributed by atoms with E-state index in [0.29, 0.717) is 31.8 Å². The van der Waals surface area contributed by atoms with Crippen LogP contribution in [0.5, 0.6) is 0 Å². The molecular weight excluding hydrogens is 438 g/mol. The van der Waals surface area contributed by atoms with Gasteiger partial charge < -0.3 is 26.8 Å². The number of anilines is 1. The van der Waals surface area contributed by atoms with Gasteiger partial charge in [0.1, 0.15) is 27.5 Å². The monoisotopic (exact) mass is 464 g/mol. The first-order valence-electron chi connectivity index (χ1n) is 10.0. The molecule has 11 heteroatoms. The normalized spacial score (nSPS) is 20.2. The summed E-state index contributed by atoms with van der Waals surface area (Å²) in [6.45, 7) is 2.95. The summed E-state index contributed by atoms with van der Waals surface area (Å²) in [5.41, 5.74) is 10.7. The van der Waals surface area contributed by atoms with E-state index in [1.54, 1.807) is 14.0 Å². The highest BCUT2D eigenvalue weighted by atomic mass is 32.1. The van der Waals surface area contributed by atoms with Crippen molar-refractivity contribution in [1.29, 1.82) is 0 Å². The molecule has 8 nitrogen and oxygen atoms in total. The lowest BCUT2D eigenvalue weighted by Gasteiger charge is -2.26. The summed E-state index contributed by atoms with van der Waals surface area (Å²) < 4.78 is 28.2. The Morgan fingerprint density at radius 3 is 2.66 bits per heavy atom. The van der Waals surface area contributed by atoms with Crippen LogP contribution in [0, 0.1) is 11.6 Å². The van der Waals surface area contributed by atoms with Crippen molar-refractivity contribution in [3.63, 3.8) is 0 Å². The molecule has 1 unspecified atom stereocenters. The van der Waals surface area contributed by atoms with Crippen LogP contribution in [-0.2, 0) is 0 Å². The number of nitrogens with one attached hydrogen (secondary N) is 1. The second-order valence-electron chi connectivity index (χ2n) is 7.75. The van der Waals surface area contributed by atoms with Crippen LogP contribution in [0.1, 0.15) is 36.7 Å². The maximum Gasteiger partial charge on any atom is 0.277 e. The molecule has 1 saturated heterocycles. The lowest BCUT2D eigenvalue weighted by Crippen LogP contribution is -2.40. The van der Waals surface area contributed by atoms with Gasteiger partial charge in [0.25, 0.3) is 5.91 Å². The second kappa shape index (κ2) is 9.61. The second-order valence-corrected chi connectivity index (χ2v) is 8.78. The average Bonchev–Trinajstić information content (AvgIpc) is 3.02. The number of nitrogen functional groups attached to an aromatic ring is 1. The first-order chi connectivity index (χ1) is 15.2. The SMILES string of the molecule is CN=C(/C(=C\N)NC(=O)c1nc(-c2c(F)cccc2F)sc1N)N1CCCC(C)(O)CC1. The molecule has 3 rings (SSSR count). The predicted octanol–water partition coefficient (Wildman–Crippen LogP) is 2.47. The third-order valence-electron chi connectivity index (χ3n) is 5.28. The highest BCUT2D eigenvalue weighted by Crippen LogP contribution is 2.33. The zero-order valence-electron chi connectivity index (χ0n) is 17.9. The highest BCUT2D eigenvalue weighted by molar-refractivity contribution is 7.19. The standard InChI is InChI=1S/C21H26F2N6O2S/c1-21(31)7-4-9-29(10-8-21)18(26-2)14(11-24)27-19(30)16-17(25)32-20(28-16)15-12(22)5-3-6-13(15)23/h3,5-6,11,31H,4,7-10,24-25H2,1-2H3,(H,27,30)/b14-11+,26-18?. The fraction of sp³-hybridized carbons (Fsp3) is 0.381. The number of aliphatic imine (C=N–C) groups is 1. The maximum absolute atomic E-state index is 14.1. The molecule has 1 fully saturated rings. The molecule has 172 valence electrons. The molecular formula is C21H26F2N6O2S. The Kier molecular flexibility index (Phi) is 7.09. The van der Waals surface area contributed by atoms with Crippen molar-refractivity contribution in [1.82, 2.24) is 15.2 Å². The minimum Gasteiger partial charge on any atom is -0.403 e. The van der Waals surface area contributed by atoms with Gasteiger partial charge in [0.2, 0.25) is 0 Å². The van der Waals surface area contributed by atoms with E-state index in [4.69, 9.17) is 11.5 Å². The Labute approximate surface area is 188 Å². The van der Waals surface area contributed by atoms with Crippen molar-refractivity contribution in [2.75, 3.05) is 25.9 Å². The number of hydrogen-bond donors (Lipinski definition) is 4. The van der Waals surface area contributed by atoms with Crippen LogP contribution >= 0.6 is 11.3 Å². The molecule has 2 heterocycles. The Balaban J connectivity index is 1.82. The zero-order valence-corrected chi connectivity index (χ0v) is 18.7. The fourth-order valence-electron chi connectivity index (χ4n) is 3.56. The van der Waals surface area contributed by atoms with E-state index >= 15 is 0 Å². The van der Waals surface area contributed by atoms with Crippen LogP contribution in [0.15, 0.2) is 35.1 Å². The van der Waals surface area contributed by atoms with E-state index < -0.39 is 23.1 Å². The number of benzene rings is 1. The summed E-state index contributed by atoms with van der Waals surface area (Å²) in [6.07, 6.45) is 3.14. The van der Waals surface area contributed by atoms with Crippen LogP contribution in [0.25, 0.3) is 10.6 Å². The number of aromatic nitrogens is 1. The summed E-state index contributed by atoms with van der Waals surface area (Å²) >= 11 is 0.810. The predicted molar refractivity (Wildman–Crippen MR) is 121 cm³/mol. The number of likely N-dealkylation sites (tertiary alicyclic amines) is 1. The minimum absolute atomic E-state index is 0.0114. The zero-order chi connectivity index (χ0) is 23.5. The summed E-state index contributed by atoms with van der Waals surface area (Å²) in [5.74, 6) is -1.83.